The predicted octanol–water partition coefficient (Wildman–Crippen LogP) is 5.16. The molecule has 1 saturated carbocycles. The van der Waals surface area contributed by atoms with Gasteiger partial charge in [0, 0.05) is 9.61 Å². The lowest BCUT2D eigenvalue weighted by Gasteiger charge is -2.34. The number of rotatable bonds is 5. The summed E-state index contributed by atoms with van der Waals surface area (Å²) in [6, 6.07) is 9.66. The molecule has 0 aliphatic heterocycles. The fourth-order valence-electron chi connectivity index (χ4n) is 3.31. The molecule has 1 fully saturated rings. The third-order valence-corrected chi connectivity index (χ3v) is 5.01. The van der Waals surface area contributed by atoms with E-state index in [1.165, 1.54) is 41.2 Å². The zero-order valence-electron chi connectivity index (χ0n) is 12.2. The van der Waals surface area contributed by atoms with E-state index >= 15 is 0 Å². The molecule has 3 atom stereocenters. The second-order valence-electron chi connectivity index (χ2n) is 6.02. The summed E-state index contributed by atoms with van der Waals surface area (Å²) >= 11 is 2.39. The van der Waals surface area contributed by atoms with E-state index in [0.29, 0.717) is 6.04 Å². The van der Waals surface area contributed by atoms with Crippen LogP contribution in [0.25, 0.3) is 0 Å². The number of hydrogen-bond acceptors (Lipinski definition) is 1. The summed E-state index contributed by atoms with van der Waals surface area (Å²) in [5.74, 6) is 1.71. The molecule has 1 aromatic rings. The highest BCUT2D eigenvalue weighted by Gasteiger charge is 2.27. The van der Waals surface area contributed by atoms with Crippen molar-refractivity contribution in [2.45, 2.75) is 52.0 Å². The normalized spacial score (nSPS) is 25.2. The molecule has 1 nitrogen and oxygen atoms in total. The van der Waals surface area contributed by atoms with Crippen LogP contribution >= 0.6 is 22.6 Å². The zero-order chi connectivity index (χ0) is 13.7. The van der Waals surface area contributed by atoms with Crippen LogP contribution in [0.4, 0.5) is 0 Å². The van der Waals surface area contributed by atoms with Gasteiger partial charge in [-0.05, 0) is 77.9 Å². The number of nitrogens with one attached hydrogen (secondary N) is 1. The average Bonchev–Trinajstić information content (AvgIpc) is 2.41. The highest BCUT2D eigenvalue weighted by Crippen LogP contribution is 2.37. The Hall–Kier alpha value is -0.0900. The van der Waals surface area contributed by atoms with Gasteiger partial charge >= 0.3 is 0 Å². The first-order chi connectivity index (χ1) is 9.20. The van der Waals surface area contributed by atoms with E-state index in [1.54, 1.807) is 0 Å². The van der Waals surface area contributed by atoms with Crippen molar-refractivity contribution in [1.29, 1.82) is 0 Å². The van der Waals surface area contributed by atoms with Crippen LogP contribution in [0.2, 0.25) is 0 Å². The van der Waals surface area contributed by atoms with Crippen molar-refractivity contribution in [2.75, 3.05) is 6.54 Å². The molecule has 0 aromatic heterocycles. The monoisotopic (exact) mass is 371 g/mol. The molecule has 19 heavy (non-hydrogen) atoms. The van der Waals surface area contributed by atoms with E-state index in [9.17, 15) is 0 Å². The summed E-state index contributed by atoms with van der Waals surface area (Å²) in [4.78, 5) is 0. The van der Waals surface area contributed by atoms with Crippen LogP contribution in [0.3, 0.4) is 0 Å². The first kappa shape index (κ1) is 15.3. The van der Waals surface area contributed by atoms with E-state index in [4.69, 9.17) is 0 Å². The second kappa shape index (κ2) is 7.63. The largest absolute Gasteiger partial charge is 0.310 e. The molecule has 1 aliphatic carbocycles. The Morgan fingerprint density at radius 2 is 2.00 bits per heavy atom. The number of hydrogen-bond donors (Lipinski definition) is 1. The predicted molar refractivity (Wildman–Crippen MR) is 91.3 cm³/mol. The average molecular weight is 371 g/mol. The molecule has 3 unspecified atom stereocenters. The van der Waals surface area contributed by atoms with Gasteiger partial charge in [0.1, 0.15) is 0 Å². The van der Waals surface area contributed by atoms with Crippen molar-refractivity contribution in [3.05, 3.63) is 33.4 Å². The van der Waals surface area contributed by atoms with E-state index in [1.807, 2.05) is 0 Å². The highest BCUT2D eigenvalue weighted by atomic mass is 127. The van der Waals surface area contributed by atoms with Gasteiger partial charge in [0.05, 0.1) is 0 Å². The third-order valence-electron chi connectivity index (χ3n) is 4.29. The Labute approximate surface area is 131 Å². The molecule has 1 N–H and O–H groups in total. The summed E-state index contributed by atoms with van der Waals surface area (Å²) in [5.41, 5.74) is 1.48. The molecule has 0 spiro atoms. The molecular weight excluding hydrogens is 345 g/mol. The molecule has 1 aromatic carbocycles. The fraction of sp³-hybridized carbons (Fsp3) is 0.647. The summed E-state index contributed by atoms with van der Waals surface area (Å²) in [7, 11) is 0. The minimum Gasteiger partial charge on any atom is -0.310 e. The van der Waals surface area contributed by atoms with Crippen molar-refractivity contribution < 1.29 is 0 Å². The number of halogens is 1. The van der Waals surface area contributed by atoms with Crippen LogP contribution in [0.5, 0.6) is 0 Å². The van der Waals surface area contributed by atoms with Crippen molar-refractivity contribution in [1.82, 2.24) is 5.32 Å². The molecule has 0 amide bonds. The van der Waals surface area contributed by atoms with Crippen LogP contribution in [0.1, 0.15) is 57.6 Å². The lowest BCUT2D eigenvalue weighted by Crippen LogP contribution is -2.31. The van der Waals surface area contributed by atoms with E-state index < -0.39 is 0 Å². The van der Waals surface area contributed by atoms with Crippen LogP contribution in [0, 0.1) is 15.4 Å². The van der Waals surface area contributed by atoms with Crippen LogP contribution in [0.15, 0.2) is 24.3 Å². The van der Waals surface area contributed by atoms with Gasteiger partial charge in [-0.3, -0.25) is 0 Å². The molecule has 0 radical (unpaired) electrons. The highest BCUT2D eigenvalue weighted by molar-refractivity contribution is 14.1. The smallest absolute Gasteiger partial charge is 0.0348 e. The van der Waals surface area contributed by atoms with Crippen LogP contribution in [-0.4, -0.2) is 6.54 Å². The zero-order valence-corrected chi connectivity index (χ0v) is 14.3. The fourth-order valence-corrected chi connectivity index (χ4v) is 3.67. The Morgan fingerprint density at radius 1 is 1.26 bits per heavy atom. The summed E-state index contributed by atoms with van der Waals surface area (Å²) in [6.07, 6.45) is 6.80. The van der Waals surface area contributed by atoms with Crippen molar-refractivity contribution in [3.63, 3.8) is 0 Å². The van der Waals surface area contributed by atoms with Crippen molar-refractivity contribution in [3.8, 4) is 0 Å². The van der Waals surface area contributed by atoms with E-state index in [-0.39, 0.29) is 0 Å². The standard InChI is InChI=1S/C17H26IN/c1-3-11-19-17(14-7-9-16(18)10-8-14)15-6-4-5-13(2)12-15/h7-10,13,15,17,19H,3-6,11-12H2,1-2H3. The topological polar surface area (TPSA) is 12.0 Å². The lowest BCUT2D eigenvalue weighted by atomic mass is 9.76. The Morgan fingerprint density at radius 3 is 2.63 bits per heavy atom. The molecule has 2 heteroatoms. The maximum absolute atomic E-state index is 3.79. The lowest BCUT2D eigenvalue weighted by molar-refractivity contribution is 0.224. The molecule has 0 saturated heterocycles. The van der Waals surface area contributed by atoms with Gasteiger partial charge in [0.25, 0.3) is 0 Å². The molecule has 1 aliphatic rings. The Kier molecular flexibility index (Phi) is 6.14. The van der Waals surface area contributed by atoms with Crippen LogP contribution in [-0.2, 0) is 0 Å². The summed E-state index contributed by atoms with van der Waals surface area (Å²) in [6.45, 7) is 5.79. The minimum absolute atomic E-state index is 0.555. The van der Waals surface area contributed by atoms with Gasteiger partial charge in [0.15, 0.2) is 0 Å². The molecule has 0 bridgehead atoms. The first-order valence-corrected chi connectivity index (χ1v) is 8.77. The Bertz CT molecular complexity index is 373. The minimum atomic E-state index is 0.555. The maximum atomic E-state index is 3.79. The first-order valence-electron chi connectivity index (χ1n) is 7.69. The van der Waals surface area contributed by atoms with E-state index in [2.05, 4.69) is 66.0 Å². The van der Waals surface area contributed by atoms with Crippen molar-refractivity contribution >= 4 is 22.6 Å². The SMILES string of the molecule is CCCNC(c1ccc(I)cc1)C1CCCC(C)C1. The second-order valence-corrected chi connectivity index (χ2v) is 7.26. The molecule has 106 valence electrons. The van der Waals surface area contributed by atoms with Gasteiger partial charge in [-0.1, -0.05) is 38.8 Å². The van der Waals surface area contributed by atoms with Crippen LogP contribution < -0.4 is 5.32 Å². The molecule has 0 heterocycles. The number of benzene rings is 1. The maximum Gasteiger partial charge on any atom is 0.0348 e. The quantitative estimate of drug-likeness (QED) is 0.705. The van der Waals surface area contributed by atoms with Gasteiger partial charge in [-0.2, -0.15) is 0 Å². The summed E-state index contributed by atoms with van der Waals surface area (Å²) < 4.78 is 1.33. The van der Waals surface area contributed by atoms with Gasteiger partial charge in [-0.25, -0.2) is 0 Å². The van der Waals surface area contributed by atoms with E-state index in [0.717, 1.165) is 18.4 Å². The summed E-state index contributed by atoms with van der Waals surface area (Å²) in [5, 5.41) is 3.79. The molecular formula is C17H26IN. The Balaban J connectivity index is 2.12. The third kappa shape index (κ3) is 4.45. The van der Waals surface area contributed by atoms with Gasteiger partial charge in [0.2, 0.25) is 0 Å². The van der Waals surface area contributed by atoms with Crippen molar-refractivity contribution in [2.24, 2.45) is 11.8 Å². The molecule has 2 rings (SSSR count). The van der Waals surface area contributed by atoms with Gasteiger partial charge in [-0.15, -0.1) is 0 Å². The van der Waals surface area contributed by atoms with Gasteiger partial charge < -0.3 is 5.32 Å².